The first-order valence-electron chi connectivity index (χ1n) is 7.17. The quantitative estimate of drug-likeness (QED) is 0.691. The molecule has 0 aliphatic rings. The first kappa shape index (κ1) is 15.3. The van der Waals surface area contributed by atoms with Crippen LogP contribution in [0, 0.1) is 0 Å². The molecular formula is C17H17N5S. The largest absolute Gasteiger partial charge is 0.357 e. The number of rotatable bonds is 5. The van der Waals surface area contributed by atoms with Gasteiger partial charge in [-0.05, 0) is 30.5 Å². The predicted molar refractivity (Wildman–Crippen MR) is 96.3 cm³/mol. The number of pyridine rings is 1. The molecule has 1 aromatic carbocycles. The molecular weight excluding hydrogens is 306 g/mol. The second kappa shape index (κ2) is 7.11. The monoisotopic (exact) mass is 323 g/mol. The smallest absolute Gasteiger partial charge is 0.224 e. The third-order valence-electron chi connectivity index (χ3n) is 3.28. The van der Waals surface area contributed by atoms with E-state index in [1.807, 2.05) is 43.4 Å². The second-order valence-electron chi connectivity index (χ2n) is 4.78. The number of hydrogen-bond donors (Lipinski definition) is 2. The van der Waals surface area contributed by atoms with Crippen LogP contribution >= 0.6 is 11.8 Å². The van der Waals surface area contributed by atoms with E-state index in [0.717, 1.165) is 22.8 Å². The molecule has 0 atom stereocenters. The number of nitrogens with one attached hydrogen (secondary N) is 2. The number of nitrogens with zero attached hydrogens (tertiary/aromatic N) is 3. The lowest BCUT2D eigenvalue weighted by atomic mass is 10.2. The van der Waals surface area contributed by atoms with E-state index in [1.165, 1.54) is 4.90 Å². The minimum Gasteiger partial charge on any atom is -0.357 e. The van der Waals surface area contributed by atoms with Crippen molar-refractivity contribution in [1.82, 2.24) is 15.0 Å². The van der Waals surface area contributed by atoms with Gasteiger partial charge in [0.25, 0.3) is 0 Å². The highest BCUT2D eigenvalue weighted by Gasteiger charge is 2.08. The van der Waals surface area contributed by atoms with Gasteiger partial charge in [-0.2, -0.15) is 4.98 Å². The van der Waals surface area contributed by atoms with Crippen molar-refractivity contribution < 1.29 is 0 Å². The maximum Gasteiger partial charge on any atom is 0.224 e. The molecule has 23 heavy (non-hydrogen) atoms. The number of hydrogen-bond acceptors (Lipinski definition) is 6. The molecule has 3 aromatic rings. The fourth-order valence-electron chi connectivity index (χ4n) is 2.17. The third-order valence-corrected chi connectivity index (χ3v) is 4.07. The average Bonchev–Trinajstić information content (AvgIpc) is 2.62. The SMILES string of the molecule is CNc1nc(Nc2ccccc2SC)cc(-c2cccnc2)n1. The highest BCUT2D eigenvalue weighted by molar-refractivity contribution is 7.98. The molecule has 5 nitrogen and oxygen atoms in total. The number of thioether (sulfide) groups is 1. The van der Waals surface area contributed by atoms with Gasteiger partial charge < -0.3 is 10.6 Å². The fraction of sp³-hybridized carbons (Fsp3) is 0.118. The summed E-state index contributed by atoms with van der Waals surface area (Å²) in [6.45, 7) is 0. The first-order valence-corrected chi connectivity index (χ1v) is 8.40. The van der Waals surface area contributed by atoms with Crippen molar-refractivity contribution in [3.8, 4) is 11.3 Å². The van der Waals surface area contributed by atoms with Crippen molar-refractivity contribution in [1.29, 1.82) is 0 Å². The lowest BCUT2D eigenvalue weighted by molar-refractivity contribution is 1.15. The van der Waals surface area contributed by atoms with Crippen LogP contribution in [0.15, 0.2) is 59.8 Å². The lowest BCUT2D eigenvalue weighted by Gasteiger charge is -2.12. The minimum absolute atomic E-state index is 0.565. The third kappa shape index (κ3) is 3.60. The maximum atomic E-state index is 4.50. The second-order valence-corrected chi connectivity index (χ2v) is 5.63. The van der Waals surface area contributed by atoms with Crippen LogP contribution < -0.4 is 10.6 Å². The lowest BCUT2D eigenvalue weighted by Crippen LogP contribution is -2.02. The van der Waals surface area contributed by atoms with Crippen LogP contribution in [0.3, 0.4) is 0 Å². The molecule has 0 amide bonds. The number of para-hydroxylation sites is 1. The van der Waals surface area contributed by atoms with Gasteiger partial charge >= 0.3 is 0 Å². The van der Waals surface area contributed by atoms with E-state index in [-0.39, 0.29) is 0 Å². The van der Waals surface area contributed by atoms with Gasteiger partial charge in [-0.1, -0.05) is 12.1 Å². The summed E-state index contributed by atoms with van der Waals surface area (Å²) in [6.07, 6.45) is 5.60. The van der Waals surface area contributed by atoms with Gasteiger partial charge in [-0.25, -0.2) is 4.98 Å². The summed E-state index contributed by atoms with van der Waals surface area (Å²) in [5.74, 6) is 1.31. The molecule has 0 saturated carbocycles. The summed E-state index contributed by atoms with van der Waals surface area (Å²) in [6, 6.07) is 13.9. The highest BCUT2D eigenvalue weighted by atomic mass is 32.2. The molecule has 6 heteroatoms. The van der Waals surface area contributed by atoms with E-state index >= 15 is 0 Å². The van der Waals surface area contributed by atoms with Crippen LogP contribution in [-0.2, 0) is 0 Å². The van der Waals surface area contributed by atoms with Gasteiger partial charge in [0.2, 0.25) is 5.95 Å². The van der Waals surface area contributed by atoms with Crippen molar-refractivity contribution in [2.75, 3.05) is 23.9 Å². The van der Waals surface area contributed by atoms with E-state index < -0.39 is 0 Å². The van der Waals surface area contributed by atoms with Gasteiger partial charge in [0.15, 0.2) is 0 Å². The zero-order valence-electron chi connectivity index (χ0n) is 12.9. The fourth-order valence-corrected chi connectivity index (χ4v) is 2.72. The van der Waals surface area contributed by atoms with Crippen molar-refractivity contribution in [3.05, 3.63) is 54.9 Å². The average molecular weight is 323 g/mol. The molecule has 0 saturated heterocycles. The van der Waals surface area contributed by atoms with Gasteiger partial charge in [-0.3, -0.25) is 4.98 Å². The van der Waals surface area contributed by atoms with Crippen LogP contribution in [0.25, 0.3) is 11.3 Å². The Hall–Kier alpha value is -2.60. The molecule has 2 heterocycles. The van der Waals surface area contributed by atoms with Gasteiger partial charge in [0, 0.05) is 36.0 Å². The van der Waals surface area contributed by atoms with Crippen LogP contribution in [0.1, 0.15) is 0 Å². The summed E-state index contributed by atoms with van der Waals surface area (Å²) < 4.78 is 0. The molecule has 0 spiro atoms. The Kier molecular flexibility index (Phi) is 4.73. The molecule has 0 aliphatic carbocycles. The number of anilines is 3. The van der Waals surface area contributed by atoms with E-state index in [4.69, 9.17) is 0 Å². The minimum atomic E-state index is 0.565. The van der Waals surface area contributed by atoms with Crippen LogP contribution in [0.4, 0.5) is 17.5 Å². The summed E-state index contributed by atoms with van der Waals surface area (Å²) >= 11 is 1.69. The van der Waals surface area contributed by atoms with E-state index in [9.17, 15) is 0 Å². The Morgan fingerprint density at radius 1 is 1.04 bits per heavy atom. The normalized spacial score (nSPS) is 10.3. The zero-order chi connectivity index (χ0) is 16.1. The summed E-state index contributed by atoms with van der Waals surface area (Å²) in [4.78, 5) is 14.3. The molecule has 0 unspecified atom stereocenters. The van der Waals surface area contributed by atoms with E-state index in [0.29, 0.717) is 5.95 Å². The van der Waals surface area contributed by atoms with E-state index in [2.05, 4.69) is 37.9 Å². The Bertz CT molecular complexity index is 792. The molecule has 0 fully saturated rings. The number of aromatic nitrogens is 3. The van der Waals surface area contributed by atoms with E-state index in [1.54, 1.807) is 24.2 Å². The van der Waals surface area contributed by atoms with Crippen LogP contribution in [-0.4, -0.2) is 28.3 Å². The van der Waals surface area contributed by atoms with Crippen LogP contribution in [0.5, 0.6) is 0 Å². The van der Waals surface area contributed by atoms with Crippen molar-refractivity contribution in [2.24, 2.45) is 0 Å². The topological polar surface area (TPSA) is 62.7 Å². The Balaban J connectivity index is 1.99. The summed E-state index contributed by atoms with van der Waals surface area (Å²) in [5.41, 5.74) is 2.80. The Labute approximate surface area is 139 Å². The Morgan fingerprint density at radius 2 is 1.91 bits per heavy atom. The molecule has 3 rings (SSSR count). The van der Waals surface area contributed by atoms with Gasteiger partial charge in [0.05, 0.1) is 11.4 Å². The highest BCUT2D eigenvalue weighted by Crippen LogP contribution is 2.28. The summed E-state index contributed by atoms with van der Waals surface area (Å²) in [5, 5.41) is 6.38. The van der Waals surface area contributed by atoms with Crippen molar-refractivity contribution in [2.45, 2.75) is 4.90 Å². The molecule has 2 N–H and O–H groups in total. The predicted octanol–water partition coefficient (Wildman–Crippen LogP) is 4.05. The van der Waals surface area contributed by atoms with Crippen molar-refractivity contribution in [3.63, 3.8) is 0 Å². The van der Waals surface area contributed by atoms with Crippen molar-refractivity contribution >= 4 is 29.2 Å². The van der Waals surface area contributed by atoms with Gasteiger partial charge in [0.1, 0.15) is 5.82 Å². The molecule has 0 bridgehead atoms. The molecule has 2 aromatic heterocycles. The molecule has 116 valence electrons. The Morgan fingerprint density at radius 3 is 2.65 bits per heavy atom. The summed E-state index contributed by atoms with van der Waals surface area (Å²) in [7, 11) is 1.81. The van der Waals surface area contributed by atoms with Crippen LogP contribution in [0.2, 0.25) is 0 Å². The number of benzene rings is 1. The molecule has 0 radical (unpaired) electrons. The maximum absolute atomic E-state index is 4.50. The standard InChI is InChI=1S/C17H17N5S/c1-18-17-21-14(12-6-5-9-19-11-12)10-16(22-17)20-13-7-3-4-8-15(13)23-2/h3-11H,1-2H3,(H2,18,20,21,22). The zero-order valence-corrected chi connectivity index (χ0v) is 13.8. The van der Waals surface area contributed by atoms with Gasteiger partial charge in [-0.15, -0.1) is 11.8 Å². The first-order chi connectivity index (χ1) is 11.3. The molecule has 0 aliphatic heterocycles.